The SMILES string of the molecule is CN(CC1CCCN(CC(=O)Nc2cc(Cl)ccc2F)C1)C(=O)OC(C)(C)C. The van der Waals surface area contributed by atoms with Crippen molar-refractivity contribution in [1.82, 2.24) is 9.80 Å². The quantitative estimate of drug-likeness (QED) is 0.792. The molecule has 0 aromatic heterocycles. The lowest BCUT2D eigenvalue weighted by molar-refractivity contribution is -0.117. The van der Waals surface area contributed by atoms with Crippen molar-refractivity contribution in [3.8, 4) is 0 Å². The van der Waals surface area contributed by atoms with E-state index in [4.69, 9.17) is 16.3 Å². The molecule has 156 valence electrons. The first-order valence-corrected chi connectivity index (χ1v) is 9.82. The molecule has 0 aliphatic carbocycles. The Kier molecular flexibility index (Phi) is 7.66. The Morgan fingerprint density at radius 3 is 2.79 bits per heavy atom. The maximum Gasteiger partial charge on any atom is 0.410 e. The molecule has 2 rings (SSSR count). The van der Waals surface area contributed by atoms with Crippen molar-refractivity contribution in [2.75, 3.05) is 38.5 Å². The summed E-state index contributed by atoms with van der Waals surface area (Å²) in [4.78, 5) is 28.0. The molecule has 1 unspecified atom stereocenters. The van der Waals surface area contributed by atoms with Crippen LogP contribution in [0.25, 0.3) is 0 Å². The van der Waals surface area contributed by atoms with Gasteiger partial charge in [-0.3, -0.25) is 9.69 Å². The van der Waals surface area contributed by atoms with Crippen LogP contribution in [0.5, 0.6) is 0 Å². The van der Waals surface area contributed by atoms with Gasteiger partial charge in [-0.05, 0) is 64.3 Å². The molecule has 1 fully saturated rings. The zero-order chi connectivity index (χ0) is 20.9. The number of benzene rings is 1. The second-order valence-electron chi connectivity index (χ2n) is 8.28. The lowest BCUT2D eigenvalue weighted by Gasteiger charge is -2.34. The van der Waals surface area contributed by atoms with E-state index in [1.165, 1.54) is 18.2 Å². The Morgan fingerprint density at radius 2 is 2.11 bits per heavy atom. The highest BCUT2D eigenvalue weighted by atomic mass is 35.5. The van der Waals surface area contributed by atoms with E-state index in [2.05, 4.69) is 5.32 Å². The van der Waals surface area contributed by atoms with Crippen molar-refractivity contribution in [2.45, 2.75) is 39.2 Å². The van der Waals surface area contributed by atoms with Gasteiger partial charge in [0.2, 0.25) is 5.91 Å². The van der Waals surface area contributed by atoms with Crippen LogP contribution in [0.3, 0.4) is 0 Å². The van der Waals surface area contributed by atoms with Gasteiger partial charge < -0.3 is 15.0 Å². The first-order valence-electron chi connectivity index (χ1n) is 9.45. The number of nitrogens with one attached hydrogen (secondary N) is 1. The third kappa shape index (κ3) is 7.28. The summed E-state index contributed by atoms with van der Waals surface area (Å²) in [6.45, 7) is 7.72. The van der Waals surface area contributed by atoms with Crippen molar-refractivity contribution in [2.24, 2.45) is 5.92 Å². The van der Waals surface area contributed by atoms with E-state index in [0.29, 0.717) is 18.1 Å². The molecule has 1 aliphatic rings. The van der Waals surface area contributed by atoms with E-state index in [9.17, 15) is 14.0 Å². The Bertz CT molecular complexity index is 708. The molecule has 0 bridgehead atoms. The molecule has 28 heavy (non-hydrogen) atoms. The number of carbonyl (C=O) groups excluding carboxylic acids is 2. The van der Waals surface area contributed by atoms with Crippen LogP contribution in [0.15, 0.2) is 18.2 Å². The van der Waals surface area contributed by atoms with Crippen molar-refractivity contribution in [3.63, 3.8) is 0 Å². The summed E-state index contributed by atoms with van der Waals surface area (Å²) in [6, 6.07) is 4.05. The van der Waals surface area contributed by atoms with Gasteiger partial charge in [0.15, 0.2) is 0 Å². The molecule has 0 saturated carbocycles. The van der Waals surface area contributed by atoms with Crippen molar-refractivity contribution in [3.05, 3.63) is 29.0 Å². The fourth-order valence-corrected chi connectivity index (χ4v) is 3.40. The number of piperidine rings is 1. The van der Waals surface area contributed by atoms with Gasteiger partial charge in [-0.1, -0.05) is 11.6 Å². The Hall–Kier alpha value is -1.86. The average Bonchev–Trinajstić information content (AvgIpc) is 2.57. The van der Waals surface area contributed by atoms with E-state index < -0.39 is 11.4 Å². The lowest BCUT2D eigenvalue weighted by Crippen LogP contribution is -2.45. The summed E-state index contributed by atoms with van der Waals surface area (Å²) in [5.74, 6) is -0.558. The molecule has 1 aromatic carbocycles. The predicted octanol–water partition coefficient (Wildman–Crippen LogP) is 4.00. The van der Waals surface area contributed by atoms with E-state index in [-0.39, 0.29) is 30.2 Å². The van der Waals surface area contributed by atoms with Crippen molar-refractivity contribution < 1.29 is 18.7 Å². The van der Waals surface area contributed by atoms with Crippen LogP contribution in [-0.4, -0.2) is 60.6 Å². The minimum Gasteiger partial charge on any atom is -0.444 e. The van der Waals surface area contributed by atoms with Gasteiger partial charge in [-0.25, -0.2) is 9.18 Å². The predicted molar refractivity (Wildman–Crippen MR) is 108 cm³/mol. The van der Waals surface area contributed by atoms with Crippen LogP contribution in [-0.2, 0) is 9.53 Å². The van der Waals surface area contributed by atoms with Gasteiger partial charge in [0.05, 0.1) is 12.2 Å². The number of hydrogen-bond donors (Lipinski definition) is 1. The number of likely N-dealkylation sites (tertiary alicyclic amines) is 1. The van der Waals surface area contributed by atoms with E-state index in [1.54, 1.807) is 11.9 Å². The maximum atomic E-state index is 13.8. The monoisotopic (exact) mass is 413 g/mol. The first-order chi connectivity index (χ1) is 13.0. The third-order valence-corrected chi connectivity index (χ3v) is 4.65. The molecule has 8 heteroatoms. The zero-order valence-corrected chi connectivity index (χ0v) is 17.7. The standard InChI is InChI=1S/C20H29ClFN3O3/c1-20(2,3)28-19(27)24(4)11-14-6-5-9-25(12-14)13-18(26)23-17-10-15(21)7-8-16(17)22/h7-8,10,14H,5-6,9,11-13H2,1-4H3,(H,23,26). The van der Waals surface area contributed by atoms with Crippen LogP contribution in [0.1, 0.15) is 33.6 Å². The molecule has 1 aromatic rings. The van der Waals surface area contributed by atoms with E-state index in [0.717, 1.165) is 19.4 Å². The molecule has 2 amide bonds. The summed E-state index contributed by atoms with van der Waals surface area (Å²) in [7, 11) is 1.72. The number of nitrogens with zero attached hydrogens (tertiary/aromatic N) is 2. The smallest absolute Gasteiger partial charge is 0.410 e. The minimum absolute atomic E-state index is 0.0794. The molecule has 1 N–H and O–H groups in total. The van der Waals surface area contributed by atoms with Gasteiger partial charge in [0, 0.05) is 25.2 Å². The van der Waals surface area contributed by atoms with Crippen molar-refractivity contribution in [1.29, 1.82) is 0 Å². The molecule has 1 saturated heterocycles. The van der Waals surface area contributed by atoms with Gasteiger partial charge in [0.1, 0.15) is 11.4 Å². The fraction of sp³-hybridized carbons (Fsp3) is 0.600. The zero-order valence-electron chi connectivity index (χ0n) is 16.9. The Morgan fingerprint density at radius 1 is 1.39 bits per heavy atom. The van der Waals surface area contributed by atoms with Crippen LogP contribution in [0, 0.1) is 11.7 Å². The van der Waals surface area contributed by atoms with Crippen molar-refractivity contribution >= 4 is 29.3 Å². The minimum atomic E-state index is -0.530. The molecule has 1 atom stereocenters. The van der Waals surface area contributed by atoms with E-state index in [1.807, 2.05) is 25.7 Å². The largest absolute Gasteiger partial charge is 0.444 e. The molecule has 1 aliphatic heterocycles. The Balaban J connectivity index is 1.84. The summed E-state index contributed by atoms with van der Waals surface area (Å²) >= 11 is 5.85. The highest BCUT2D eigenvalue weighted by Crippen LogP contribution is 2.21. The van der Waals surface area contributed by atoms with E-state index >= 15 is 0 Å². The molecule has 0 radical (unpaired) electrons. The van der Waals surface area contributed by atoms with Crippen LogP contribution >= 0.6 is 11.6 Å². The Labute approximate surface area is 171 Å². The van der Waals surface area contributed by atoms with Crippen LogP contribution < -0.4 is 5.32 Å². The van der Waals surface area contributed by atoms with Crippen LogP contribution in [0.4, 0.5) is 14.9 Å². The summed E-state index contributed by atoms with van der Waals surface area (Å²) < 4.78 is 19.2. The summed E-state index contributed by atoms with van der Waals surface area (Å²) in [5, 5.41) is 2.93. The second-order valence-corrected chi connectivity index (χ2v) is 8.71. The number of amides is 2. The molecule has 0 spiro atoms. The number of hydrogen-bond acceptors (Lipinski definition) is 4. The number of ether oxygens (including phenoxy) is 1. The molecular formula is C20H29ClFN3O3. The summed E-state index contributed by atoms with van der Waals surface area (Å²) in [6.07, 6.45) is 1.57. The number of rotatable bonds is 5. The highest BCUT2D eigenvalue weighted by Gasteiger charge is 2.26. The van der Waals surface area contributed by atoms with Gasteiger partial charge in [-0.2, -0.15) is 0 Å². The second kappa shape index (κ2) is 9.56. The topological polar surface area (TPSA) is 61.9 Å². The third-order valence-electron chi connectivity index (χ3n) is 4.41. The maximum absolute atomic E-state index is 13.8. The number of halogens is 2. The molecule has 1 heterocycles. The normalized spacial score (nSPS) is 17.9. The van der Waals surface area contributed by atoms with Crippen LogP contribution in [0.2, 0.25) is 5.02 Å². The highest BCUT2D eigenvalue weighted by molar-refractivity contribution is 6.30. The molecule has 6 nitrogen and oxygen atoms in total. The lowest BCUT2D eigenvalue weighted by atomic mass is 9.97. The van der Waals surface area contributed by atoms with Gasteiger partial charge in [-0.15, -0.1) is 0 Å². The average molecular weight is 414 g/mol. The summed E-state index contributed by atoms with van der Waals surface area (Å²) in [5.41, 5.74) is -0.451. The van der Waals surface area contributed by atoms with Gasteiger partial charge in [0.25, 0.3) is 0 Å². The molecular weight excluding hydrogens is 385 g/mol. The number of anilines is 1. The fourth-order valence-electron chi connectivity index (χ4n) is 3.23. The van der Waals surface area contributed by atoms with Gasteiger partial charge >= 0.3 is 6.09 Å². The number of carbonyl (C=O) groups is 2. The first kappa shape index (κ1) is 22.4.